The summed E-state index contributed by atoms with van der Waals surface area (Å²) in [4.78, 5) is 11.4. The van der Waals surface area contributed by atoms with E-state index in [0.717, 1.165) is 61.6 Å². The molecule has 0 aliphatic carbocycles. The number of likely N-dealkylation sites (tertiary alicyclic amines) is 1. The van der Waals surface area contributed by atoms with Gasteiger partial charge in [0.1, 0.15) is 5.75 Å². The molecule has 0 unspecified atom stereocenters. The molecular formula is C22H33N5OS. The number of benzene rings is 1. The van der Waals surface area contributed by atoms with Gasteiger partial charge in [-0.1, -0.05) is 12.1 Å². The Kier molecular flexibility index (Phi) is 8.31. The molecular weight excluding hydrogens is 382 g/mol. The van der Waals surface area contributed by atoms with E-state index in [2.05, 4.69) is 43.0 Å². The van der Waals surface area contributed by atoms with Crippen LogP contribution in [0.15, 0.2) is 34.6 Å². The van der Waals surface area contributed by atoms with Crippen molar-refractivity contribution in [1.82, 2.24) is 20.5 Å². The minimum atomic E-state index is 0.696. The lowest BCUT2D eigenvalue weighted by atomic mass is 9.96. The molecule has 6 nitrogen and oxygen atoms in total. The van der Waals surface area contributed by atoms with Gasteiger partial charge in [-0.15, -0.1) is 11.3 Å². The maximum absolute atomic E-state index is 5.24. The van der Waals surface area contributed by atoms with Crippen LogP contribution in [0.25, 0.3) is 0 Å². The van der Waals surface area contributed by atoms with Gasteiger partial charge >= 0.3 is 0 Å². The number of guanidine groups is 1. The molecule has 1 saturated heterocycles. The van der Waals surface area contributed by atoms with Gasteiger partial charge < -0.3 is 15.4 Å². The first-order valence-corrected chi connectivity index (χ1v) is 11.2. The normalized spacial score (nSPS) is 16.0. The number of hydrogen-bond acceptors (Lipinski definition) is 5. The first-order valence-electron chi connectivity index (χ1n) is 10.4. The topological polar surface area (TPSA) is 61.8 Å². The van der Waals surface area contributed by atoms with Crippen molar-refractivity contribution < 1.29 is 4.74 Å². The molecule has 1 aliphatic heterocycles. The lowest BCUT2D eigenvalue weighted by Crippen LogP contribution is -2.43. The summed E-state index contributed by atoms with van der Waals surface area (Å²) >= 11 is 1.71. The van der Waals surface area contributed by atoms with Gasteiger partial charge in [0.25, 0.3) is 0 Å². The quantitative estimate of drug-likeness (QED) is 0.512. The lowest BCUT2D eigenvalue weighted by Gasteiger charge is -2.32. The molecule has 0 radical (unpaired) electrons. The molecule has 1 aromatic carbocycles. The van der Waals surface area contributed by atoms with Gasteiger partial charge in [-0.25, -0.2) is 4.98 Å². The van der Waals surface area contributed by atoms with E-state index >= 15 is 0 Å². The van der Waals surface area contributed by atoms with Crippen LogP contribution >= 0.6 is 11.3 Å². The van der Waals surface area contributed by atoms with Crippen molar-refractivity contribution in [2.24, 2.45) is 10.9 Å². The second-order valence-corrected chi connectivity index (χ2v) is 8.62. The molecule has 7 heteroatoms. The third kappa shape index (κ3) is 7.01. The average molecular weight is 416 g/mol. The number of nitrogens with zero attached hydrogens (tertiary/aromatic N) is 3. The second-order valence-electron chi connectivity index (χ2n) is 7.56. The molecule has 29 heavy (non-hydrogen) atoms. The van der Waals surface area contributed by atoms with Crippen molar-refractivity contribution in [2.75, 3.05) is 40.3 Å². The van der Waals surface area contributed by atoms with Crippen molar-refractivity contribution in [3.8, 4) is 5.75 Å². The Morgan fingerprint density at radius 3 is 2.62 bits per heavy atom. The van der Waals surface area contributed by atoms with Crippen LogP contribution in [-0.2, 0) is 13.0 Å². The van der Waals surface area contributed by atoms with E-state index in [4.69, 9.17) is 4.74 Å². The summed E-state index contributed by atoms with van der Waals surface area (Å²) in [6.45, 7) is 7.18. The molecule has 2 heterocycles. The first kappa shape index (κ1) is 21.6. The Hall–Kier alpha value is -2.12. The van der Waals surface area contributed by atoms with Crippen molar-refractivity contribution in [2.45, 2.75) is 32.7 Å². The summed E-state index contributed by atoms with van der Waals surface area (Å²) in [5.74, 6) is 2.50. The van der Waals surface area contributed by atoms with Crippen molar-refractivity contribution in [3.63, 3.8) is 0 Å². The van der Waals surface area contributed by atoms with Crippen LogP contribution in [0.5, 0.6) is 5.75 Å². The molecule has 0 spiro atoms. The summed E-state index contributed by atoms with van der Waals surface area (Å²) in [6, 6.07) is 8.41. The Bertz CT molecular complexity index is 766. The third-order valence-corrected chi connectivity index (χ3v) is 6.22. The van der Waals surface area contributed by atoms with E-state index in [1.165, 1.54) is 18.4 Å². The summed E-state index contributed by atoms with van der Waals surface area (Å²) in [5, 5.41) is 10.2. The Balaban J connectivity index is 1.32. The summed E-state index contributed by atoms with van der Waals surface area (Å²) in [5.41, 5.74) is 2.50. The Labute approximate surface area is 178 Å². The van der Waals surface area contributed by atoms with Gasteiger partial charge in [0.15, 0.2) is 5.96 Å². The number of aromatic nitrogens is 1. The number of nitrogens with one attached hydrogen (secondary N) is 2. The number of rotatable bonds is 8. The second kappa shape index (κ2) is 11.2. The number of hydrogen-bond donors (Lipinski definition) is 2. The molecule has 3 rings (SSSR count). The zero-order valence-corrected chi connectivity index (χ0v) is 18.6. The minimum absolute atomic E-state index is 0.696. The number of thiazole rings is 1. The fraction of sp³-hybridized carbons (Fsp3) is 0.545. The molecule has 158 valence electrons. The summed E-state index contributed by atoms with van der Waals surface area (Å²) in [7, 11) is 3.54. The van der Waals surface area contributed by atoms with E-state index in [1.807, 2.05) is 26.1 Å². The molecule has 2 N–H and O–H groups in total. The standard InChI is InChI=1S/C22H33N5OS/c1-17-26-20(16-29-17)8-11-24-22(23-2)25-14-18-9-12-27(13-10-18)15-19-4-6-21(28-3)7-5-19/h4-7,16,18H,8-15H2,1-3H3,(H2,23,24,25). The molecule has 1 fully saturated rings. The van der Waals surface area contributed by atoms with Crippen LogP contribution in [0.4, 0.5) is 0 Å². The highest BCUT2D eigenvalue weighted by molar-refractivity contribution is 7.09. The highest BCUT2D eigenvalue weighted by atomic mass is 32.1. The van der Waals surface area contributed by atoms with Crippen molar-refractivity contribution >= 4 is 17.3 Å². The molecule has 0 amide bonds. The number of ether oxygens (including phenoxy) is 1. The molecule has 1 aliphatic rings. The van der Waals surface area contributed by atoms with Crippen LogP contribution in [-0.4, -0.2) is 56.2 Å². The van der Waals surface area contributed by atoms with Crippen LogP contribution in [0.2, 0.25) is 0 Å². The van der Waals surface area contributed by atoms with E-state index in [9.17, 15) is 0 Å². The zero-order valence-electron chi connectivity index (χ0n) is 17.8. The Morgan fingerprint density at radius 1 is 1.24 bits per heavy atom. The van der Waals surface area contributed by atoms with Gasteiger partial charge in [-0.2, -0.15) is 0 Å². The molecule has 0 bridgehead atoms. The fourth-order valence-electron chi connectivity index (χ4n) is 3.63. The van der Waals surface area contributed by atoms with Crippen molar-refractivity contribution in [1.29, 1.82) is 0 Å². The molecule has 2 aromatic rings. The maximum atomic E-state index is 5.24. The number of aliphatic imine (C=N–C) groups is 1. The summed E-state index contributed by atoms with van der Waals surface area (Å²) < 4.78 is 5.24. The highest BCUT2D eigenvalue weighted by Crippen LogP contribution is 2.19. The SMILES string of the molecule is CN=C(NCCc1csc(C)n1)NCC1CCN(Cc2ccc(OC)cc2)CC1. The van der Waals surface area contributed by atoms with Crippen LogP contribution < -0.4 is 15.4 Å². The predicted octanol–water partition coefficient (Wildman–Crippen LogP) is 3.08. The minimum Gasteiger partial charge on any atom is -0.497 e. The van der Waals surface area contributed by atoms with E-state index in [0.29, 0.717) is 5.92 Å². The third-order valence-electron chi connectivity index (χ3n) is 5.39. The molecule has 0 saturated carbocycles. The smallest absolute Gasteiger partial charge is 0.190 e. The summed E-state index contributed by atoms with van der Waals surface area (Å²) in [6.07, 6.45) is 3.37. The number of aryl methyl sites for hydroxylation is 1. The first-order chi connectivity index (χ1) is 14.2. The van der Waals surface area contributed by atoms with Crippen LogP contribution in [0.3, 0.4) is 0 Å². The van der Waals surface area contributed by atoms with Gasteiger partial charge in [0.2, 0.25) is 0 Å². The van der Waals surface area contributed by atoms with E-state index in [-0.39, 0.29) is 0 Å². The fourth-order valence-corrected chi connectivity index (χ4v) is 4.28. The van der Waals surface area contributed by atoms with Gasteiger partial charge in [0.05, 0.1) is 17.8 Å². The number of methoxy groups -OCH3 is 1. The highest BCUT2D eigenvalue weighted by Gasteiger charge is 2.19. The van der Waals surface area contributed by atoms with Gasteiger partial charge in [-0.3, -0.25) is 9.89 Å². The average Bonchev–Trinajstić information content (AvgIpc) is 3.17. The lowest BCUT2D eigenvalue weighted by molar-refractivity contribution is 0.178. The zero-order chi connectivity index (χ0) is 20.5. The van der Waals surface area contributed by atoms with E-state index < -0.39 is 0 Å². The van der Waals surface area contributed by atoms with Gasteiger partial charge in [0, 0.05) is 38.5 Å². The predicted molar refractivity (Wildman–Crippen MR) is 121 cm³/mol. The number of piperidine rings is 1. The largest absolute Gasteiger partial charge is 0.497 e. The van der Waals surface area contributed by atoms with E-state index in [1.54, 1.807) is 18.4 Å². The van der Waals surface area contributed by atoms with Crippen LogP contribution in [0.1, 0.15) is 29.1 Å². The monoisotopic (exact) mass is 415 g/mol. The molecule has 1 aromatic heterocycles. The van der Waals surface area contributed by atoms with Crippen molar-refractivity contribution in [3.05, 3.63) is 45.9 Å². The van der Waals surface area contributed by atoms with Crippen LogP contribution in [0, 0.1) is 12.8 Å². The molecule has 0 atom stereocenters. The van der Waals surface area contributed by atoms with Gasteiger partial charge in [-0.05, 0) is 56.5 Å². The Morgan fingerprint density at radius 2 is 2.00 bits per heavy atom. The maximum Gasteiger partial charge on any atom is 0.190 e.